The van der Waals surface area contributed by atoms with Crippen LogP contribution in [0.25, 0.3) is 22.4 Å². The Kier molecular flexibility index (Phi) is 9.12. The summed E-state index contributed by atoms with van der Waals surface area (Å²) in [5.74, 6) is -0.852. The number of halogens is 1. The zero-order valence-electron chi connectivity index (χ0n) is 28.5. The summed E-state index contributed by atoms with van der Waals surface area (Å²) >= 11 is 0. The third kappa shape index (κ3) is 7.24. The van der Waals surface area contributed by atoms with E-state index < -0.39 is 38.4 Å². The number of aliphatic carboxylic acids is 1. The van der Waals surface area contributed by atoms with Crippen molar-refractivity contribution in [3.8, 4) is 23.0 Å². The van der Waals surface area contributed by atoms with E-state index in [1.807, 2.05) is 38.1 Å². The van der Waals surface area contributed by atoms with Gasteiger partial charge in [-0.3, -0.25) is 9.78 Å². The van der Waals surface area contributed by atoms with Gasteiger partial charge in [0.15, 0.2) is 33.1 Å². The number of aryl methyl sites for hydroxylation is 2. The molecule has 0 radical (unpaired) electrons. The molecule has 2 aromatic carbocycles. The molecule has 0 amide bonds. The van der Waals surface area contributed by atoms with Crippen LogP contribution in [0.5, 0.6) is 11.5 Å². The van der Waals surface area contributed by atoms with Gasteiger partial charge in [-0.2, -0.15) is 5.10 Å². The maximum atomic E-state index is 15.7. The number of aromatic amines is 1. The minimum absolute atomic E-state index is 0.0249. The number of rotatable bonds is 4. The molecule has 1 aliphatic rings. The van der Waals surface area contributed by atoms with Crippen LogP contribution in [0.2, 0.25) is 0 Å². The van der Waals surface area contributed by atoms with Gasteiger partial charge in [-0.15, -0.1) is 0 Å². The molecular formula is C37H42FN5O5S. The molecule has 3 aromatic heterocycles. The first-order valence-electron chi connectivity index (χ1n) is 16.5. The van der Waals surface area contributed by atoms with Crippen LogP contribution < -0.4 is 4.74 Å². The van der Waals surface area contributed by atoms with Gasteiger partial charge < -0.3 is 14.8 Å². The van der Waals surface area contributed by atoms with E-state index in [0.717, 1.165) is 11.1 Å². The Balaban J connectivity index is 1.47. The molecule has 0 aliphatic carbocycles. The van der Waals surface area contributed by atoms with Crippen molar-refractivity contribution in [3.63, 3.8) is 0 Å². The summed E-state index contributed by atoms with van der Waals surface area (Å²) in [5.41, 5.74) is 2.11. The summed E-state index contributed by atoms with van der Waals surface area (Å²) in [6.07, 6.45) is 5.64. The summed E-state index contributed by atoms with van der Waals surface area (Å²) < 4.78 is 50.8. The van der Waals surface area contributed by atoms with Crippen LogP contribution in [-0.2, 0) is 39.9 Å². The molecule has 49 heavy (non-hydrogen) atoms. The summed E-state index contributed by atoms with van der Waals surface area (Å²) in [6.45, 7) is 7.69. The maximum Gasteiger partial charge on any atom is 0.306 e. The monoisotopic (exact) mass is 687 g/mol. The van der Waals surface area contributed by atoms with E-state index in [4.69, 9.17) is 14.8 Å². The Morgan fingerprint density at radius 2 is 1.94 bits per heavy atom. The predicted molar refractivity (Wildman–Crippen MR) is 186 cm³/mol. The van der Waals surface area contributed by atoms with Gasteiger partial charge in [0.05, 0.1) is 22.8 Å². The number of fused-ring (bicyclic) bond motifs is 8. The number of aromatic nitrogens is 5. The van der Waals surface area contributed by atoms with E-state index in [2.05, 4.69) is 16.9 Å². The van der Waals surface area contributed by atoms with Gasteiger partial charge >= 0.3 is 5.97 Å². The number of hydrogen-bond donors (Lipinski definition) is 2. The number of hydrogen-bond acceptors (Lipinski definition) is 7. The fourth-order valence-electron chi connectivity index (χ4n) is 6.92. The number of carboxylic acid groups (broad SMARTS) is 1. The molecule has 10 nitrogen and oxygen atoms in total. The number of nitrogens with zero attached hydrogens (tertiary/aromatic N) is 4. The smallest absolute Gasteiger partial charge is 0.306 e. The zero-order chi connectivity index (χ0) is 35.1. The minimum atomic E-state index is -3.55. The number of nitrogens with one attached hydrogen (secondary N) is 1. The Morgan fingerprint density at radius 3 is 2.71 bits per heavy atom. The summed E-state index contributed by atoms with van der Waals surface area (Å²) in [7, 11) is -1.76. The van der Waals surface area contributed by atoms with Crippen LogP contribution >= 0.6 is 0 Å². The highest BCUT2D eigenvalue weighted by Crippen LogP contribution is 2.40. The first-order valence-corrected chi connectivity index (χ1v) is 18.3. The van der Waals surface area contributed by atoms with Crippen LogP contribution in [0.4, 0.5) is 4.39 Å². The van der Waals surface area contributed by atoms with E-state index in [9.17, 15) is 18.3 Å². The van der Waals surface area contributed by atoms with E-state index >= 15 is 4.39 Å². The van der Waals surface area contributed by atoms with Crippen LogP contribution in [0, 0.1) is 17.2 Å². The second kappa shape index (κ2) is 13.0. The number of carboxylic acids is 1. The van der Waals surface area contributed by atoms with Gasteiger partial charge in [0.2, 0.25) is 0 Å². The van der Waals surface area contributed by atoms with Crippen molar-refractivity contribution >= 4 is 26.7 Å². The van der Waals surface area contributed by atoms with Crippen molar-refractivity contribution in [1.82, 2.24) is 24.7 Å². The van der Waals surface area contributed by atoms with E-state index in [1.165, 1.54) is 6.07 Å². The fourth-order valence-corrected chi connectivity index (χ4v) is 8.92. The lowest BCUT2D eigenvalue weighted by Crippen LogP contribution is -2.29. The van der Waals surface area contributed by atoms with E-state index in [-0.39, 0.29) is 23.7 Å². The molecule has 4 heterocycles. The Morgan fingerprint density at radius 1 is 1.14 bits per heavy atom. The quantitative estimate of drug-likeness (QED) is 0.205. The van der Waals surface area contributed by atoms with Crippen molar-refractivity contribution in [2.75, 3.05) is 11.5 Å². The lowest BCUT2D eigenvalue weighted by Gasteiger charge is -2.31. The van der Waals surface area contributed by atoms with E-state index in [0.29, 0.717) is 65.2 Å². The Bertz CT molecular complexity index is 2140. The fraction of sp³-hybridized carbons (Fsp3) is 0.405. The second-order valence-corrected chi connectivity index (χ2v) is 16.5. The van der Waals surface area contributed by atoms with Crippen molar-refractivity contribution < 1.29 is 27.4 Å². The van der Waals surface area contributed by atoms with Crippen molar-refractivity contribution in [2.45, 2.75) is 65.2 Å². The highest BCUT2D eigenvalue weighted by molar-refractivity contribution is 7.91. The number of pyridine rings is 1. The summed E-state index contributed by atoms with van der Waals surface area (Å²) in [4.78, 5) is 24.2. The second-order valence-electron chi connectivity index (χ2n) is 14.3. The summed E-state index contributed by atoms with van der Waals surface area (Å²) in [5, 5.41) is 15.1. The molecule has 258 valence electrons. The van der Waals surface area contributed by atoms with E-state index in [1.54, 1.807) is 49.2 Å². The van der Waals surface area contributed by atoms with Crippen molar-refractivity contribution in [1.29, 1.82) is 0 Å². The standard InChI is InChI=1S/C37H42FN5O5S/c1-23(34(44)45)18-24-8-6-9-25(19-24)37(4)14-7-13-36(2,3)22-49(46,47)17-12-28-27-11-16-39-30(27)21-29(38)32(28)48-26-10-15-40-31(20-26)33-41-35(37)42-43(33)5/h6,8-11,15-16,19-21,23,39H,7,12-14,17-18,22H2,1-5H3,(H,44,45)/t23-,37-/m1/s1. The molecule has 1 aliphatic heterocycles. The number of H-pyrrole nitrogens is 1. The molecule has 12 heteroatoms. The molecule has 0 unspecified atom stereocenters. The Labute approximate surface area is 285 Å². The van der Waals surface area contributed by atoms with Gasteiger partial charge in [0.25, 0.3) is 0 Å². The highest BCUT2D eigenvalue weighted by atomic mass is 32.2. The number of ether oxygens (including phenoxy) is 1. The van der Waals surface area contributed by atoms with Crippen LogP contribution in [0.15, 0.2) is 60.9 Å². The third-order valence-electron chi connectivity index (χ3n) is 9.63. The molecule has 0 fully saturated rings. The average Bonchev–Trinajstić information content (AvgIpc) is 3.66. The van der Waals surface area contributed by atoms with Gasteiger partial charge in [-0.05, 0) is 61.3 Å². The SMILES string of the molecule is C[C@H](Cc1cccc([C@@]2(C)CCCC(C)(C)CS(=O)(=O)CCc3c(c(F)cc4[nH]ccc34)Oc3ccnc(c3)-c3nc2nn3C)c1)C(=O)O. The lowest BCUT2D eigenvalue weighted by molar-refractivity contribution is -0.141. The number of carbonyl (C=O) groups is 1. The van der Waals surface area contributed by atoms with Crippen molar-refractivity contribution in [3.05, 3.63) is 89.3 Å². The van der Waals surface area contributed by atoms with Crippen LogP contribution in [-0.4, -0.2) is 55.7 Å². The number of sulfone groups is 1. The topological polar surface area (TPSA) is 140 Å². The van der Waals surface area contributed by atoms with Gasteiger partial charge in [0, 0.05) is 48.0 Å². The zero-order valence-corrected chi connectivity index (χ0v) is 29.3. The first kappa shape index (κ1) is 34.3. The molecule has 5 aromatic rings. The molecule has 6 rings (SSSR count). The molecule has 0 spiro atoms. The highest BCUT2D eigenvalue weighted by Gasteiger charge is 2.36. The first-order chi connectivity index (χ1) is 23.1. The van der Waals surface area contributed by atoms with Gasteiger partial charge in [-0.25, -0.2) is 22.5 Å². The van der Waals surface area contributed by atoms with Gasteiger partial charge in [0.1, 0.15) is 11.4 Å². The minimum Gasteiger partial charge on any atom is -0.481 e. The predicted octanol–water partition coefficient (Wildman–Crippen LogP) is 7.03. The molecule has 2 N–H and O–H groups in total. The number of benzene rings is 2. The lowest BCUT2D eigenvalue weighted by atomic mass is 9.75. The Hall–Kier alpha value is -4.58. The normalized spacial score (nSPS) is 20.0. The maximum absolute atomic E-state index is 15.7. The van der Waals surface area contributed by atoms with Crippen LogP contribution in [0.1, 0.15) is 69.5 Å². The molecule has 2 atom stereocenters. The largest absolute Gasteiger partial charge is 0.481 e. The average molecular weight is 688 g/mol. The van der Waals surface area contributed by atoms with Crippen LogP contribution in [0.3, 0.4) is 0 Å². The molecule has 4 bridgehead atoms. The van der Waals surface area contributed by atoms with Crippen molar-refractivity contribution in [2.24, 2.45) is 18.4 Å². The molecule has 0 saturated heterocycles. The third-order valence-corrected chi connectivity index (χ3v) is 11.7. The summed E-state index contributed by atoms with van der Waals surface area (Å²) in [6, 6.07) is 14.3. The molecular weight excluding hydrogens is 646 g/mol. The van der Waals surface area contributed by atoms with Gasteiger partial charge in [-0.1, -0.05) is 51.5 Å². The molecule has 0 saturated carbocycles.